The molecule has 1 rings (SSSR count). The van der Waals surface area contributed by atoms with Gasteiger partial charge in [0.2, 0.25) is 11.8 Å². The van der Waals surface area contributed by atoms with Crippen LogP contribution >= 0.6 is 16.1 Å². The lowest BCUT2D eigenvalue weighted by Crippen LogP contribution is -2.31. The van der Waals surface area contributed by atoms with E-state index in [4.69, 9.17) is 0 Å². The third kappa shape index (κ3) is 1.30. The summed E-state index contributed by atoms with van der Waals surface area (Å²) in [5.41, 5.74) is 0. The summed E-state index contributed by atoms with van der Waals surface area (Å²) in [7, 11) is 0. The number of halogens is 1. The predicted molar refractivity (Wildman–Crippen MR) is 34.6 cm³/mol. The Hall–Kier alpha value is -0.380. The maximum absolute atomic E-state index is 10.7. The highest BCUT2D eigenvalue weighted by molar-refractivity contribution is 9.08. The molecule has 0 spiro atoms. The monoisotopic (exact) mass is 191 g/mol. The Morgan fingerprint density at radius 2 is 1.67 bits per heavy atom. The largest absolute Gasteiger partial charge is 0.274 e. The van der Waals surface area contributed by atoms with Crippen LogP contribution < -0.4 is 0 Å². The van der Waals surface area contributed by atoms with Gasteiger partial charge in [0.15, 0.2) is 0 Å². The van der Waals surface area contributed by atoms with Gasteiger partial charge in [0.25, 0.3) is 0 Å². The lowest BCUT2D eigenvalue weighted by atomic mass is 10.1. The first-order chi connectivity index (χ1) is 4.22. The number of rotatable bonds is 0. The van der Waals surface area contributed by atoms with Crippen molar-refractivity contribution in [2.75, 3.05) is 0 Å². The maximum Gasteiger partial charge on any atom is 0.239 e. The van der Waals surface area contributed by atoms with Crippen molar-refractivity contribution in [1.29, 1.82) is 0 Å². The highest BCUT2D eigenvalue weighted by Crippen LogP contribution is 2.14. The molecule has 9 heavy (non-hydrogen) atoms. The molecule has 4 heteroatoms. The Balaban J connectivity index is 2.62. The van der Waals surface area contributed by atoms with Crippen LogP contribution in [-0.4, -0.2) is 15.7 Å². The third-order valence-corrected chi connectivity index (χ3v) is 2.01. The van der Waals surface area contributed by atoms with Crippen molar-refractivity contribution in [3.05, 3.63) is 0 Å². The summed E-state index contributed by atoms with van der Waals surface area (Å²) in [5, 5.41) is 0. The van der Waals surface area contributed by atoms with E-state index >= 15 is 0 Å². The summed E-state index contributed by atoms with van der Waals surface area (Å²) in [5.74, 6) is -0.266. The van der Waals surface area contributed by atoms with Crippen molar-refractivity contribution in [3.8, 4) is 0 Å². The number of carbonyl (C=O) groups excluding carboxylic acids is 2. The fourth-order valence-electron chi connectivity index (χ4n) is 0.726. The number of piperidine rings is 1. The van der Waals surface area contributed by atoms with E-state index in [9.17, 15) is 9.59 Å². The van der Waals surface area contributed by atoms with Gasteiger partial charge >= 0.3 is 0 Å². The summed E-state index contributed by atoms with van der Waals surface area (Å²) < 4.78 is 1.01. The van der Waals surface area contributed by atoms with Gasteiger partial charge in [-0.2, -0.15) is 0 Å². The van der Waals surface area contributed by atoms with E-state index in [1.165, 1.54) is 0 Å². The van der Waals surface area contributed by atoms with Gasteiger partial charge in [0, 0.05) is 12.8 Å². The van der Waals surface area contributed by atoms with Crippen LogP contribution in [0.1, 0.15) is 19.3 Å². The molecule has 0 aliphatic carbocycles. The Morgan fingerprint density at radius 1 is 1.22 bits per heavy atom. The second-order valence-electron chi connectivity index (χ2n) is 1.92. The van der Waals surface area contributed by atoms with Gasteiger partial charge in [-0.15, -0.1) is 0 Å². The van der Waals surface area contributed by atoms with Crippen LogP contribution in [0.4, 0.5) is 0 Å². The third-order valence-electron chi connectivity index (χ3n) is 1.22. The van der Waals surface area contributed by atoms with Crippen molar-refractivity contribution in [1.82, 2.24) is 3.93 Å². The van der Waals surface area contributed by atoms with E-state index in [-0.39, 0.29) is 11.8 Å². The molecule has 1 heterocycles. The molecule has 0 radical (unpaired) electrons. The Kier molecular flexibility index (Phi) is 1.85. The zero-order valence-corrected chi connectivity index (χ0v) is 6.35. The molecule has 1 fully saturated rings. The molecule has 0 aromatic heterocycles. The molecule has 1 aliphatic rings. The van der Waals surface area contributed by atoms with Crippen LogP contribution in [0.2, 0.25) is 0 Å². The topological polar surface area (TPSA) is 37.4 Å². The van der Waals surface area contributed by atoms with Crippen molar-refractivity contribution in [2.45, 2.75) is 19.3 Å². The molecule has 0 unspecified atom stereocenters. The Labute approximate surface area is 61.4 Å². The fraction of sp³-hybridized carbons (Fsp3) is 0.600. The van der Waals surface area contributed by atoms with E-state index in [2.05, 4.69) is 16.1 Å². The number of imide groups is 1. The second kappa shape index (κ2) is 2.47. The van der Waals surface area contributed by atoms with Crippen LogP contribution in [0, 0.1) is 0 Å². The molecular formula is C5H6BrNO2. The lowest BCUT2D eigenvalue weighted by molar-refractivity contribution is -0.140. The molecule has 0 bridgehead atoms. The first-order valence-electron chi connectivity index (χ1n) is 2.73. The van der Waals surface area contributed by atoms with Gasteiger partial charge in [-0.1, -0.05) is 0 Å². The van der Waals surface area contributed by atoms with Crippen LogP contribution in [0.25, 0.3) is 0 Å². The minimum absolute atomic E-state index is 0.133. The van der Waals surface area contributed by atoms with E-state index in [0.717, 1.165) is 3.93 Å². The molecule has 0 aromatic carbocycles. The standard InChI is InChI=1S/C5H6BrNO2/c6-7-4(8)2-1-3-5(7)9/h1-3H2. The Bertz CT molecular complexity index is 141. The molecule has 0 aromatic rings. The first kappa shape index (κ1) is 6.74. The average Bonchev–Trinajstić information content (AvgIpc) is 1.83. The highest BCUT2D eigenvalue weighted by atomic mass is 79.9. The normalized spacial score (nSPS) is 20.8. The van der Waals surface area contributed by atoms with Crippen molar-refractivity contribution >= 4 is 28.0 Å². The number of carbonyl (C=O) groups is 2. The molecule has 1 aliphatic heterocycles. The zero-order chi connectivity index (χ0) is 6.85. The minimum atomic E-state index is -0.133. The molecule has 1 saturated heterocycles. The molecule has 0 atom stereocenters. The lowest BCUT2D eigenvalue weighted by Gasteiger charge is -2.16. The van der Waals surface area contributed by atoms with Gasteiger partial charge in [0.1, 0.15) is 0 Å². The van der Waals surface area contributed by atoms with Gasteiger partial charge in [-0.3, -0.25) is 9.59 Å². The van der Waals surface area contributed by atoms with Crippen molar-refractivity contribution in [2.24, 2.45) is 0 Å². The molecule has 2 amide bonds. The number of hydrogen-bond donors (Lipinski definition) is 0. The molecule has 50 valence electrons. The number of nitrogens with zero attached hydrogens (tertiary/aromatic N) is 1. The van der Waals surface area contributed by atoms with Gasteiger partial charge in [-0.05, 0) is 6.42 Å². The van der Waals surface area contributed by atoms with Crippen molar-refractivity contribution < 1.29 is 9.59 Å². The quantitative estimate of drug-likeness (QED) is 0.421. The fourth-order valence-corrected chi connectivity index (χ4v) is 1.08. The van der Waals surface area contributed by atoms with E-state index < -0.39 is 0 Å². The SMILES string of the molecule is O=C1CCCC(=O)N1Br. The zero-order valence-electron chi connectivity index (χ0n) is 4.76. The number of amides is 2. The molecule has 0 N–H and O–H groups in total. The van der Waals surface area contributed by atoms with E-state index in [1.54, 1.807) is 0 Å². The van der Waals surface area contributed by atoms with Crippen molar-refractivity contribution in [3.63, 3.8) is 0 Å². The van der Waals surface area contributed by atoms with Gasteiger partial charge < -0.3 is 0 Å². The van der Waals surface area contributed by atoms with E-state index in [1.807, 2.05) is 0 Å². The highest BCUT2D eigenvalue weighted by Gasteiger charge is 2.22. The summed E-state index contributed by atoms with van der Waals surface area (Å²) in [6, 6.07) is 0. The smallest absolute Gasteiger partial charge is 0.239 e. The van der Waals surface area contributed by atoms with Crippen LogP contribution in [0.3, 0.4) is 0 Å². The maximum atomic E-state index is 10.7. The Morgan fingerprint density at radius 3 is 2.00 bits per heavy atom. The number of hydrogen-bond acceptors (Lipinski definition) is 2. The minimum Gasteiger partial charge on any atom is -0.274 e. The summed E-state index contributed by atoms with van der Waals surface area (Å²) in [4.78, 5) is 21.3. The summed E-state index contributed by atoms with van der Waals surface area (Å²) >= 11 is 2.85. The summed E-state index contributed by atoms with van der Waals surface area (Å²) in [6.07, 6.45) is 1.66. The molecule has 3 nitrogen and oxygen atoms in total. The first-order valence-corrected chi connectivity index (χ1v) is 3.44. The van der Waals surface area contributed by atoms with Gasteiger partial charge in [0.05, 0.1) is 16.1 Å². The van der Waals surface area contributed by atoms with Gasteiger partial charge in [-0.25, -0.2) is 3.93 Å². The molecular weight excluding hydrogens is 186 g/mol. The van der Waals surface area contributed by atoms with E-state index in [0.29, 0.717) is 19.3 Å². The van der Waals surface area contributed by atoms with Crippen LogP contribution in [0.5, 0.6) is 0 Å². The average molecular weight is 192 g/mol. The molecule has 0 saturated carbocycles. The predicted octanol–water partition coefficient (Wildman–Crippen LogP) is 0.835. The van der Waals surface area contributed by atoms with Crippen LogP contribution in [0.15, 0.2) is 0 Å². The second-order valence-corrected chi connectivity index (χ2v) is 2.63. The van der Waals surface area contributed by atoms with Crippen LogP contribution in [-0.2, 0) is 9.59 Å². The summed E-state index contributed by atoms with van der Waals surface area (Å²) in [6.45, 7) is 0.